The predicted molar refractivity (Wildman–Crippen MR) is 113 cm³/mol. The molecular weight excluding hydrogens is 402 g/mol. The molecule has 0 radical (unpaired) electrons. The van der Waals surface area contributed by atoms with Gasteiger partial charge in [0, 0.05) is 29.5 Å². The topological polar surface area (TPSA) is 32.7 Å². The summed E-state index contributed by atoms with van der Waals surface area (Å²) in [6, 6.07) is 20.7. The average molecular weight is 426 g/mol. The Labute approximate surface area is 168 Å². The van der Waals surface area contributed by atoms with Crippen LogP contribution in [-0.4, -0.2) is 30.2 Å². The van der Waals surface area contributed by atoms with Crippen molar-refractivity contribution in [3.63, 3.8) is 0 Å². The number of nitrogens with zero attached hydrogens (tertiary/aromatic N) is 1. The molecule has 0 aliphatic carbocycles. The molecule has 1 aliphatic heterocycles. The molecule has 4 rings (SSSR count). The smallest absolute Gasteiger partial charge is 0.126 e. The molecule has 0 saturated carbocycles. The van der Waals surface area contributed by atoms with Crippen molar-refractivity contribution < 1.29 is 9.84 Å². The summed E-state index contributed by atoms with van der Waals surface area (Å²) in [5.74, 6) is 0.914. The van der Waals surface area contributed by atoms with E-state index in [9.17, 15) is 5.11 Å². The van der Waals surface area contributed by atoms with Crippen molar-refractivity contribution in [2.45, 2.75) is 25.0 Å². The summed E-state index contributed by atoms with van der Waals surface area (Å²) in [6.07, 6.45) is 1.51. The van der Waals surface area contributed by atoms with Crippen LogP contribution in [0.4, 0.5) is 0 Å². The van der Waals surface area contributed by atoms with Gasteiger partial charge in [-0.1, -0.05) is 58.4 Å². The van der Waals surface area contributed by atoms with E-state index in [4.69, 9.17) is 4.74 Å². The molecule has 1 N–H and O–H groups in total. The first kappa shape index (κ1) is 18.5. The number of benzene rings is 3. The second-order valence-corrected chi connectivity index (χ2v) is 8.20. The Morgan fingerprint density at radius 3 is 2.30 bits per heavy atom. The van der Waals surface area contributed by atoms with Gasteiger partial charge in [-0.3, -0.25) is 4.90 Å². The summed E-state index contributed by atoms with van der Waals surface area (Å²) >= 11 is 3.46. The van der Waals surface area contributed by atoms with Crippen molar-refractivity contribution in [1.82, 2.24) is 4.90 Å². The lowest BCUT2D eigenvalue weighted by Gasteiger charge is -2.38. The minimum absolute atomic E-state index is 0.723. The first-order valence-corrected chi connectivity index (χ1v) is 10.1. The van der Waals surface area contributed by atoms with E-state index >= 15 is 0 Å². The van der Waals surface area contributed by atoms with Gasteiger partial charge in [0.1, 0.15) is 5.75 Å². The van der Waals surface area contributed by atoms with E-state index in [-0.39, 0.29) is 0 Å². The van der Waals surface area contributed by atoms with E-state index < -0.39 is 5.60 Å². The second kappa shape index (κ2) is 7.63. The normalized spacial score (nSPS) is 17.1. The molecular formula is C23H24BrNO2. The third kappa shape index (κ3) is 3.75. The van der Waals surface area contributed by atoms with Crippen molar-refractivity contribution >= 4 is 26.7 Å². The molecule has 3 aromatic rings. The van der Waals surface area contributed by atoms with E-state index in [0.717, 1.165) is 53.6 Å². The lowest BCUT2D eigenvalue weighted by molar-refractivity contribution is -0.0276. The Morgan fingerprint density at radius 1 is 0.963 bits per heavy atom. The molecule has 3 aromatic carbocycles. The first-order chi connectivity index (χ1) is 13.1. The lowest BCUT2D eigenvalue weighted by Crippen LogP contribution is -2.42. The molecule has 0 unspecified atom stereocenters. The van der Waals surface area contributed by atoms with E-state index in [0.29, 0.717) is 0 Å². The van der Waals surface area contributed by atoms with Gasteiger partial charge in [-0.25, -0.2) is 0 Å². The van der Waals surface area contributed by atoms with Crippen LogP contribution in [0.15, 0.2) is 65.1 Å². The van der Waals surface area contributed by atoms with Gasteiger partial charge < -0.3 is 9.84 Å². The summed E-state index contributed by atoms with van der Waals surface area (Å²) < 4.78 is 6.55. The van der Waals surface area contributed by atoms with Crippen LogP contribution in [0.1, 0.15) is 24.0 Å². The van der Waals surface area contributed by atoms with Gasteiger partial charge >= 0.3 is 0 Å². The summed E-state index contributed by atoms with van der Waals surface area (Å²) in [7, 11) is 1.72. The first-order valence-electron chi connectivity index (χ1n) is 9.34. The average Bonchev–Trinajstić information content (AvgIpc) is 2.70. The molecule has 0 aromatic heterocycles. The molecule has 1 aliphatic rings. The number of ether oxygens (including phenoxy) is 1. The van der Waals surface area contributed by atoms with Crippen molar-refractivity contribution in [2.24, 2.45) is 0 Å². The highest BCUT2D eigenvalue weighted by Gasteiger charge is 2.33. The van der Waals surface area contributed by atoms with Crippen LogP contribution >= 0.6 is 15.9 Å². The van der Waals surface area contributed by atoms with Gasteiger partial charge in [0.2, 0.25) is 0 Å². The number of methoxy groups -OCH3 is 1. The van der Waals surface area contributed by atoms with Gasteiger partial charge in [0.05, 0.1) is 12.7 Å². The van der Waals surface area contributed by atoms with E-state index in [1.807, 2.05) is 30.3 Å². The molecule has 140 valence electrons. The zero-order chi connectivity index (χ0) is 18.9. The second-order valence-electron chi connectivity index (χ2n) is 7.29. The van der Waals surface area contributed by atoms with Crippen molar-refractivity contribution in [1.29, 1.82) is 0 Å². The Balaban J connectivity index is 1.50. The highest BCUT2D eigenvalue weighted by Crippen LogP contribution is 2.35. The van der Waals surface area contributed by atoms with Gasteiger partial charge in [-0.2, -0.15) is 0 Å². The molecule has 0 atom stereocenters. The number of hydrogen-bond donors (Lipinski definition) is 1. The fourth-order valence-corrected chi connectivity index (χ4v) is 4.28. The Kier molecular flexibility index (Phi) is 5.22. The molecule has 4 heteroatoms. The minimum atomic E-state index is -0.723. The van der Waals surface area contributed by atoms with E-state index in [1.165, 1.54) is 10.9 Å². The maximum Gasteiger partial charge on any atom is 0.126 e. The number of fused-ring (bicyclic) bond motifs is 1. The van der Waals surface area contributed by atoms with Crippen LogP contribution in [-0.2, 0) is 12.1 Å². The summed E-state index contributed by atoms with van der Waals surface area (Å²) in [5.41, 5.74) is 1.60. The van der Waals surface area contributed by atoms with Gasteiger partial charge in [0.25, 0.3) is 0 Å². The number of halogens is 1. The number of hydrogen-bond acceptors (Lipinski definition) is 3. The maximum absolute atomic E-state index is 11.1. The standard InChI is InChI=1S/C23H24BrNO2/c1-27-22-11-6-17(20-4-2-3-5-21(20)22)16-25-14-12-23(26,13-15-25)18-7-9-19(24)10-8-18/h2-11,26H,12-16H2,1H3. The minimum Gasteiger partial charge on any atom is -0.496 e. The van der Waals surface area contributed by atoms with Crippen LogP contribution in [0.2, 0.25) is 0 Å². The van der Waals surface area contributed by atoms with Gasteiger partial charge in [-0.05, 0) is 47.6 Å². The quantitative estimate of drug-likeness (QED) is 0.631. The van der Waals surface area contributed by atoms with Crippen LogP contribution in [0.3, 0.4) is 0 Å². The van der Waals surface area contributed by atoms with Crippen LogP contribution in [0.25, 0.3) is 10.8 Å². The molecule has 27 heavy (non-hydrogen) atoms. The number of piperidine rings is 1. The highest BCUT2D eigenvalue weighted by molar-refractivity contribution is 9.10. The Morgan fingerprint density at radius 2 is 1.63 bits per heavy atom. The SMILES string of the molecule is COc1ccc(CN2CCC(O)(c3ccc(Br)cc3)CC2)c2ccccc12. The summed E-state index contributed by atoms with van der Waals surface area (Å²) in [4.78, 5) is 2.43. The number of aliphatic hydroxyl groups is 1. The maximum atomic E-state index is 11.1. The third-order valence-corrected chi connectivity index (χ3v) is 6.18. The van der Waals surface area contributed by atoms with Crippen LogP contribution < -0.4 is 4.74 Å². The Bertz CT molecular complexity index is 931. The number of likely N-dealkylation sites (tertiary alicyclic amines) is 1. The largest absolute Gasteiger partial charge is 0.496 e. The zero-order valence-corrected chi connectivity index (χ0v) is 17.1. The van der Waals surface area contributed by atoms with Crippen molar-refractivity contribution in [3.05, 3.63) is 76.3 Å². The fraction of sp³-hybridized carbons (Fsp3) is 0.304. The summed E-state index contributed by atoms with van der Waals surface area (Å²) in [6.45, 7) is 2.65. The van der Waals surface area contributed by atoms with Crippen molar-refractivity contribution in [3.8, 4) is 5.75 Å². The van der Waals surface area contributed by atoms with Crippen LogP contribution in [0, 0.1) is 0 Å². The molecule has 1 heterocycles. The Hall–Kier alpha value is -1.88. The molecule has 1 saturated heterocycles. The molecule has 0 amide bonds. The molecule has 0 bridgehead atoms. The fourth-order valence-electron chi connectivity index (χ4n) is 4.02. The van der Waals surface area contributed by atoms with Crippen LogP contribution in [0.5, 0.6) is 5.75 Å². The summed E-state index contributed by atoms with van der Waals surface area (Å²) in [5, 5.41) is 13.5. The third-order valence-electron chi connectivity index (χ3n) is 5.65. The molecule has 3 nitrogen and oxygen atoms in total. The van der Waals surface area contributed by atoms with Gasteiger partial charge in [0.15, 0.2) is 0 Å². The predicted octanol–water partition coefficient (Wildman–Crippen LogP) is 5.09. The van der Waals surface area contributed by atoms with Crippen molar-refractivity contribution in [2.75, 3.05) is 20.2 Å². The zero-order valence-electron chi connectivity index (χ0n) is 15.5. The monoisotopic (exact) mass is 425 g/mol. The van der Waals surface area contributed by atoms with E-state index in [1.54, 1.807) is 7.11 Å². The van der Waals surface area contributed by atoms with E-state index in [2.05, 4.69) is 51.2 Å². The molecule has 1 fully saturated rings. The molecule has 0 spiro atoms. The highest BCUT2D eigenvalue weighted by atomic mass is 79.9. The number of rotatable bonds is 4. The lowest BCUT2D eigenvalue weighted by atomic mass is 9.84. The van der Waals surface area contributed by atoms with Gasteiger partial charge in [-0.15, -0.1) is 0 Å².